The number of aromatic nitrogens is 1. The second kappa shape index (κ2) is 11.7. The summed E-state index contributed by atoms with van der Waals surface area (Å²) in [6.07, 6.45) is 2.83. The van der Waals surface area contributed by atoms with Crippen LogP contribution in [0.1, 0.15) is 80.0 Å². The SMILES string of the molecule is CC.CC1(O)CN(Cc2ccc(C3COC3)cc2)CCC1c1ccc2ncc(C3CCC(=O)NC3=O)cc2c1F. The molecule has 8 heteroatoms. The number of likely N-dealkylation sites (tertiary alicyclic amines) is 1. The minimum absolute atomic E-state index is 0.248. The second-order valence-electron chi connectivity index (χ2n) is 11.2. The smallest absolute Gasteiger partial charge is 0.234 e. The van der Waals surface area contributed by atoms with E-state index in [1.807, 2.05) is 13.8 Å². The second-order valence-corrected chi connectivity index (χ2v) is 11.2. The Bertz CT molecular complexity index is 1390. The fourth-order valence-corrected chi connectivity index (χ4v) is 6.14. The summed E-state index contributed by atoms with van der Waals surface area (Å²) in [6.45, 7) is 9.26. The van der Waals surface area contributed by atoms with Crippen LogP contribution in [0.4, 0.5) is 4.39 Å². The predicted molar refractivity (Wildman–Crippen MR) is 151 cm³/mol. The van der Waals surface area contributed by atoms with Gasteiger partial charge in [-0.05, 0) is 60.7 Å². The molecule has 3 aliphatic heterocycles. The Morgan fingerprint density at radius 2 is 1.85 bits per heavy atom. The van der Waals surface area contributed by atoms with Crippen molar-refractivity contribution in [1.82, 2.24) is 15.2 Å². The number of pyridine rings is 1. The fourth-order valence-electron chi connectivity index (χ4n) is 6.14. The van der Waals surface area contributed by atoms with Crippen molar-refractivity contribution in [3.8, 4) is 0 Å². The third kappa shape index (κ3) is 5.66. The van der Waals surface area contributed by atoms with Crippen LogP contribution >= 0.6 is 0 Å². The van der Waals surface area contributed by atoms with E-state index in [0.29, 0.717) is 47.3 Å². The van der Waals surface area contributed by atoms with Gasteiger partial charge in [0.1, 0.15) is 5.82 Å². The van der Waals surface area contributed by atoms with Crippen molar-refractivity contribution in [3.63, 3.8) is 0 Å². The number of carbonyl (C=O) groups excluding carboxylic acids is 2. The van der Waals surface area contributed by atoms with Crippen molar-refractivity contribution >= 4 is 22.7 Å². The van der Waals surface area contributed by atoms with Crippen LogP contribution in [0.5, 0.6) is 0 Å². The van der Waals surface area contributed by atoms with Crippen molar-refractivity contribution in [2.45, 2.75) is 69.9 Å². The van der Waals surface area contributed by atoms with Gasteiger partial charge in [-0.1, -0.05) is 44.2 Å². The molecule has 2 amide bonds. The van der Waals surface area contributed by atoms with Gasteiger partial charge in [0.25, 0.3) is 0 Å². The molecule has 3 aliphatic rings. The van der Waals surface area contributed by atoms with Gasteiger partial charge < -0.3 is 9.84 Å². The first-order valence-corrected chi connectivity index (χ1v) is 14.3. The maximum absolute atomic E-state index is 16.0. The minimum atomic E-state index is -1.12. The lowest BCUT2D eigenvalue weighted by Gasteiger charge is -2.43. The van der Waals surface area contributed by atoms with E-state index in [0.717, 1.165) is 26.3 Å². The summed E-state index contributed by atoms with van der Waals surface area (Å²) in [5.74, 6) is -1.48. The molecule has 0 spiro atoms. The van der Waals surface area contributed by atoms with E-state index in [1.54, 1.807) is 31.3 Å². The molecule has 2 aromatic carbocycles. The number of ether oxygens (including phenoxy) is 1. The van der Waals surface area contributed by atoms with Gasteiger partial charge in [0.05, 0.1) is 30.2 Å². The van der Waals surface area contributed by atoms with Gasteiger partial charge in [-0.25, -0.2) is 4.39 Å². The highest BCUT2D eigenvalue weighted by molar-refractivity contribution is 6.01. The van der Waals surface area contributed by atoms with Gasteiger partial charge in [-0.3, -0.25) is 24.8 Å². The first kappa shape index (κ1) is 28.3. The highest BCUT2D eigenvalue weighted by atomic mass is 19.1. The number of rotatable bonds is 5. The number of halogens is 1. The van der Waals surface area contributed by atoms with Crippen LogP contribution in [-0.4, -0.2) is 58.7 Å². The highest BCUT2D eigenvalue weighted by Gasteiger charge is 2.40. The molecule has 3 atom stereocenters. The number of nitrogens with zero attached hydrogens (tertiary/aromatic N) is 2. The van der Waals surface area contributed by atoms with Gasteiger partial charge in [-0.2, -0.15) is 0 Å². The molecule has 2 N–H and O–H groups in total. The number of imide groups is 1. The van der Waals surface area contributed by atoms with Crippen molar-refractivity contribution in [2.75, 3.05) is 26.3 Å². The largest absolute Gasteiger partial charge is 0.388 e. The van der Waals surface area contributed by atoms with Crippen molar-refractivity contribution in [3.05, 3.63) is 76.7 Å². The van der Waals surface area contributed by atoms with Gasteiger partial charge in [0.2, 0.25) is 11.8 Å². The molecule has 3 unspecified atom stereocenters. The molecule has 4 heterocycles. The van der Waals surface area contributed by atoms with Crippen molar-refractivity contribution in [2.24, 2.45) is 0 Å². The monoisotopic (exact) mass is 547 g/mol. The Kier molecular flexibility index (Phi) is 8.31. The number of nitrogens with one attached hydrogen (secondary N) is 1. The lowest BCUT2D eigenvalue weighted by atomic mass is 9.77. The molecule has 6 rings (SSSR count). The summed E-state index contributed by atoms with van der Waals surface area (Å²) in [6, 6.07) is 13.8. The van der Waals surface area contributed by atoms with Crippen LogP contribution in [0.2, 0.25) is 0 Å². The number of β-amino-alcohol motifs (C(OH)–C–C–N with tert-alkyl or cyclic N) is 1. The average Bonchev–Trinajstić information content (AvgIpc) is 2.90. The summed E-state index contributed by atoms with van der Waals surface area (Å²) in [5.41, 5.74) is 2.92. The lowest BCUT2D eigenvalue weighted by molar-refractivity contribution is -0.134. The molecular formula is C32H38FN3O4. The number of amides is 2. The predicted octanol–water partition coefficient (Wildman–Crippen LogP) is 4.77. The standard InChI is InChI=1S/C30H32FN3O4.C2H6/c1-30(37)17-34(14-18-2-4-19(5-3-18)21-15-38-16-21)11-10-25(30)23-6-8-26-24(28(23)31)12-20(13-32-26)22-7-9-27(35)33-29(22)36;1-2/h2-6,8,12-13,21-22,25,37H,7,9-11,14-17H2,1H3,(H,33,35,36);1-2H3. The first-order valence-electron chi connectivity index (χ1n) is 14.3. The number of hydrogen-bond acceptors (Lipinski definition) is 6. The molecule has 40 heavy (non-hydrogen) atoms. The Labute approximate surface area is 234 Å². The van der Waals surface area contributed by atoms with Crippen LogP contribution in [0.25, 0.3) is 10.9 Å². The van der Waals surface area contributed by atoms with Crippen LogP contribution in [-0.2, 0) is 20.9 Å². The molecule has 3 fully saturated rings. The molecular weight excluding hydrogens is 509 g/mol. The van der Waals surface area contributed by atoms with E-state index >= 15 is 4.39 Å². The van der Waals surface area contributed by atoms with Gasteiger partial charge in [0, 0.05) is 42.9 Å². The summed E-state index contributed by atoms with van der Waals surface area (Å²) < 4.78 is 21.2. The Morgan fingerprint density at radius 1 is 1.10 bits per heavy atom. The summed E-state index contributed by atoms with van der Waals surface area (Å²) in [7, 11) is 0. The van der Waals surface area contributed by atoms with Crippen LogP contribution in [0.15, 0.2) is 48.7 Å². The number of aliphatic hydroxyl groups is 1. The van der Waals surface area contributed by atoms with Gasteiger partial charge in [-0.15, -0.1) is 0 Å². The normalized spacial score (nSPS) is 25.6. The van der Waals surface area contributed by atoms with Crippen LogP contribution < -0.4 is 5.32 Å². The maximum atomic E-state index is 16.0. The minimum Gasteiger partial charge on any atom is -0.388 e. The Hall–Kier alpha value is -3.20. The molecule has 0 aliphatic carbocycles. The topological polar surface area (TPSA) is 91.8 Å². The number of hydrogen-bond donors (Lipinski definition) is 2. The third-order valence-electron chi connectivity index (χ3n) is 8.39. The number of carbonyl (C=O) groups is 2. The molecule has 212 valence electrons. The van der Waals surface area contributed by atoms with Crippen molar-refractivity contribution < 1.29 is 23.8 Å². The summed E-state index contributed by atoms with van der Waals surface area (Å²) in [5, 5.41) is 14.2. The van der Waals surface area contributed by atoms with E-state index in [2.05, 4.69) is 39.5 Å². The summed E-state index contributed by atoms with van der Waals surface area (Å²) >= 11 is 0. The average molecular weight is 548 g/mol. The molecule has 0 bridgehead atoms. The quantitative estimate of drug-likeness (QED) is 0.447. The number of fused-ring (bicyclic) bond motifs is 1. The lowest BCUT2D eigenvalue weighted by Crippen LogP contribution is -2.50. The van der Waals surface area contributed by atoms with Gasteiger partial charge in [0.15, 0.2) is 0 Å². The molecule has 1 aromatic heterocycles. The Balaban J connectivity index is 0.00000158. The summed E-state index contributed by atoms with van der Waals surface area (Å²) in [4.78, 5) is 30.5. The van der Waals surface area contributed by atoms with E-state index in [1.165, 1.54) is 11.1 Å². The maximum Gasteiger partial charge on any atom is 0.234 e. The van der Waals surface area contributed by atoms with E-state index in [-0.39, 0.29) is 24.2 Å². The van der Waals surface area contributed by atoms with E-state index in [9.17, 15) is 14.7 Å². The molecule has 0 radical (unpaired) electrons. The molecule has 3 saturated heterocycles. The zero-order valence-corrected chi connectivity index (χ0v) is 23.5. The van der Waals surface area contributed by atoms with Crippen LogP contribution in [0.3, 0.4) is 0 Å². The van der Waals surface area contributed by atoms with E-state index in [4.69, 9.17) is 4.74 Å². The number of piperidine rings is 2. The molecule has 3 aromatic rings. The van der Waals surface area contributed by atoms with E-state index < -0.39 is 17.3 Å². The third-order valence-corrected chi connectivity index (χ3v) is 8.39. The zero-order valence-electron chi connectivity index (χ0n) is 23.5. The fraction of sp³-hybridized carbons (Fsp3) is 0.469. The number of benzene rings is 2. The van der Waals surface area contributed by atoms with Gasteiger partial charge >= 0.3 is 0 Å². The highest BCUT2D eigenvalue weighted by Crippen LogP contribution is 2.40. The first-order chi connectivity index (χ1) is 19.3. The zero-order chi connectivity index (χ0) is 28.4. The molecule has 0 saturated carbocycles. The Morgan fingerprint density at radius 3 is 2.50 bits per heavy atom. The van der Waals surface area contributed by atoms with Crippen molar-refractivity contribution in [1.29, 1.82) is 0 Å². The molecule has 7 nitrogen and oxygen atoms in total. The van der Waals surface area contributed by atoms with Crippen LogP contribution in [0, 0.1) is 5.82 Å².